The van der Waals surface area contributed by atoms with Crippen molar-refractivity contribution in [3.8, 4) is 0 Å². The Morgan fingerprint density at radius 1 is 1.53 bits per heavy atom. The van der Waals surface area contributed by atoms with Crippen LogP contribution in [0, 0.1) is 5.82 Å². The van der Waals surface area contributed by atoms with Crippen LogP contribution in [0.1, 0.15) is 37.9 Å². The van der Waals surface area contributed by atoms with Gasteiger partial charge in [-0.05, 0) is 37.7 Å². The molecule has 1 aliphatic heterocycles. The van der Waals surface area contributed by atoms with E-state index in [1.54, 1.807) is 6.07 Å². The molecule has 0 spiro atoms. The Bertz CT molecular complexity index is 336. The first-order chi connectivity index (χ1) is 8.25. The minimum Gasteiger partial charge on any atom is -0.308 e. The van der Waals surface area contributed by atoms with Crippen molar-refractivity contribution in [3.63, 3.8) is 0 Å². The smallest absolute Gasteiger partial charge is 0.141 e. The van der Waals surface area contributed by atoms with E-state index in [1.807, 2.05) is 0 Å². The van der Waals surface area contributed by atoms with Crippen LogP contribution in [0.2, 0.25) is 0 Å². The molecule has 2 atom stereocenters. The average Bonchev–Trinajstić information content (AvgIpc) is 2.38. The Balaban J connectivity index is 1.80. The normalized spacial score (nSPS) is 22.4. The molecule has 0 bridgehead atoms. The first-order valence-corrected chi connectivity index (χ1v) is 7.27. The van der Waals surface area contributed by atoms with Gasteiger partial charge in [0.1, 0.15) is 5.82 Å². The molecule has 0 radical (unpaired) electrons. The van der Waals surface area contributed by atoms with Gasteiger partial charge in [0.05, 0.1) is 11.9 Å². The highest BCUT2D eigenvalue weighted by Crippen LogP contribution is 2.24. The second-order valence-corrected chi connectivity index (χ2v) is 5.93. The zero-order valence-corrected chi connectivity index (χ0v) is 11.0. The molecule has 1 aliphatic rings. The number of halogens is 1. The summed E-state index contributed by atoms with van der Waals surface area (Å²) in [6.07, 6.45) is 5.29. The van der Waals surface area contributed by atoms with Gasteiger partial charge in [0.25, 0.3) is 0 Å². The SMILES string of the molecule is CC(NCC1CCCCS1)c1ccc(F)cn1. The maximum atomic E-state index is 12.7. The zero-order chi connectivity index (χ0) is 12.1. The maximum Gasteiger partial charge on any atom is 0.141 e. The van der Waals surface area contributed by atoms with Crippen molar-refractivity contribution in [1.82, 2.24) is 10.3 Å². The fourth-order valence-electron chi connectivity index (χ4n) is 2.02. The summed E-state index contributed by atoms with van der Waals surface area (Å²) in [5.74, 6) is 1.01. The number of aromatic nitrogens is 1. The maximum absolute atomic E-state index is 12.7. The lowest BCUT2D eigenvalue weighted by Crippen LogP contribution is -2.29. The van der Waals surface area contributed by atoms with Gasteiger partial charge in [0, 0.05) is 17.8 Å². The number of thioether (sulfide) groups is 1. The van der Waals surface area contributed by atoms with Gasteiger partial charge in [0.15, 0.2) is 0 Å². The molecule has 0 saturated carbocycles. The van der Waals surface area contributed by atoms with Crippen LogP contribution in [0.5, 0.6) is 0 Å². The predicted molar refractivity (Wildman–Crippen MR) is 70.7 cm³/mol. The van der Waals surface area contributed by atoms with Gasteiger partial charge in [-0.25, -0.2) is 4.39 Å². The molecule has 2 heterocycles. The second kappa shape index (κ2) is 6.36. The number of rotatable bonds is 4. The van der Waals surface area contributed by atoms with E-state index in [9.17, 15) is 4.39 Å². The second-order valence-electron chi connectivity index (χ2n) is 4.52. The molecule has 17 heavy (non-hydrogen) atoms. The third-order valence-electron chi connectivity index (χ3n) is 3.12. The molecular weight excluding hydrogens is 235 g/mol. The summed E-state index contributed by atoms with van der Waals surface area (Å²) < 4.78 is 12.7. The van der Waals surface area contributed by atoms with Gasteiger partial charge < -0.3 is 5.32 Å². The number of hydrogen-bond acceptors (Lipinski definition) is 3. The van der Waals surface area contributed by atoms with E-state index in [2.05, 4.69) is 29.0 Å². The first kappa shape index (κ1) is 12.8. The fraction of sp³-hybridized carbons (Fsp3) is 0.615. The Morgan fingerprint density at radius 3 is 3.06 bits per heavy atom. The molecule has 1 saturated heterocycles. The highest BCUT2D eigenvalue weighted by atomic mass is 32.2. The van der Waals surface area contributed by atoms with Gasteiger partial charge in [-0.2, -0.15) is 11.8 Å². The van der Waals surface area contributed by atoms with Crippen molar-refractivity contribution in [2.45, 2.75) is 37.5 Å². The average molecular weight is 254 g/mol. The minimum atomic E-state index is -0.274. The summed E-state index contributed by atoms with van der Waals surface area (Å²) in [7, 11) is 0. The molecule has 94 valence electrons. The van der Waals surface area contributed by atoms with Crippen molar-refractivity contribution in [2.75, 3.05) is 12.3 Å². The van der Waals surface area contributed by atoms with Crippen LogP contribution in [0.4, 0.5) is 4.39 Å². The molecule has 0 aliphatic carbocycles. The largest absolute Gasteiger partial charge is 0.308 e. The minimum absolute atomic E-state index is 0.193. The van der Waals surface area contributed by atoms with E-state index >= 15 is 0 Å². The highest BCUT2D eigenvalue weighted by Gasteiger charge is 2.15. The van der Waals surface area contributed by atoms with E-state index in [1.165, 1.54) is 37.3 Å². The number of pyridine rings is 1. The van der Waals surface area contributed by atoms with E-state index < -0.39 is 0 Å². The van der Waals surface area contributed by atoms with Crippen molar-refractivity contribution < 1.29 is 4.39 Å². The lowest BCUT2D eigenvalue weighted by atomic mass is 10.1. The van der Waals surface area contributed by atoms with E-state index in [4.69, 9.17) is 0 Å². The Hall–Kier alpha value is -0.610. The molecule has 1 aromatic rings. The van der Waals surface area contributed by atoms with Crippen molar-refractivity contribution in [1.29, 1.82) is 0 Å². The van der Waals surface area contributed by atoms with E-state index in [0.29, 0.717) is 0 Å². The monoisotopic (exact) mass is 254 g/mol. The molecule has 2 nitrogen and oxygen atoms in total. The third-order valence-corrected chi connectivity index (χ3v) is 4.52. The van der Waals surface area contributed by atoms with Gasteiger partial charge in [-0.3, -0.25) is 4.98 Å². The summed E-state index contributed by atoms with van der Waals surface area (Å²) in [6, 6.07) is 3.41. The Morgan fingerprint density at radius 2 is 2.41 bits per heavy atom. The standard InChI is InChI=1S/C13H19FN2S/c1-10(13-6-5-11(14)8-16-13)15-9-12-4-2-3-7-17-12/h5-6,8,10,12,15H,2-4,7,9H2,1H3. The topological polar surface area (TPSA) is 24.9 Å². The van der Waals surface area contributed by atoms with Gasteiger partial charge >= 0.3 is 0 Å². The summed E-state index contributed by atoms with van der Waals surface area (Å²) in [6.45, 7) is 3.10. The Labute approximate surface area is 106 Å². The molecule has 2 rings (SSSR count). The van der Waals surface area contributed by atoms with Crippen LogP contribution < -0.4 is 5.32 Å². The summed E-state index contributed by atoms with van der Waals surface area (Å²) >= 11 is 2.06. The molecule has 0 amide bonds. The van der Waals surface area contributed by atoms with Gasteiger partial charge in [0.2, 0.25) is 0 Å². The molecule has 0 aromatic carbocycles. The number of hydrogen-bond donors (Lipinski definition) is 1. The summed E-state index contributed by atoms with van der Waals surface area (Å²) in [5, 5.41) is 4.21. The van der Waals surface area contributed by atoms with Crippen LogP contribution in [0.25, 0.3) is 0 Å². The van der Waals surface area contributed by atoms with Crippen molar-refractivity contribution >= 4 is 11.8 Å². The van der Waals surface area contributed by atoms with E-state index in [-0.39, 0.29) is 11.9 Å². The quantitative estimate of drug-likeness (QED) is 0.893. The van der Waals surface area contributed by atoms with Crippen molar-refractivity contribution in [3.05, 3.63) is 29.8 Å². The fourth-order valence-corrected chi connectivity index (χ4v) is 3.28. The third kappa shape index (κ3) is 3.96. The molecule has 2 unspecified atom stereocenters. The highest BCUT2D eigenvalue weighted by molar-refractivity contribution is 7.99. The number of nitrogens with zero attached hydrogens (tertiary/aromatic N) is 1. The van der Waals surface area contributed by atoms with Crippen LogP contribution in [0.3, 0.4) is 0 Å². The lowest BCUT2D eigenvalue weighted by Gasteiger charge is -2.23. The van der Waals surface area contributed by atoms with Gasteiger partial charge in [-0.1, -0.05) is 6.42 Å². The van der Waals surface area contributed by atoms with Crippen LogP contribution >= 0.6 is 11.8 Å². The van der Waals surface area contributed by atoms with Gasteiger partial charge in [-0.15, -0.1) is 0 Å². The molecule has 1 fully saturated rings. The van der Waals surface area contributed by atoms with E-state index in [0.717, 1.165) is 17.5 Å². The molecule has 1 N–H and O–H groups in total. The Kier molecular flexibility index (Phi) is 4.80. The molecule has 4 heteroatoms. The molecular formula is C13H19FN2S. The summed E-state index contributed by atoms with van der Waals surface area (Å²) in [5.41, 5.74) is 0.909. The van der Waals surface area contributed by atoms with Crippen molar-refractivity contribution in [2.24, 2.45) is 0 Å². The zero-order valence-electron chi connectivity index (χ0n) is 10.2. The molecule has 1 aromatic heterocycles. The summed E-state index contributed by atoms with van der Waals surface area (Å²) in [4.78, 5) is 4.10. The van der Waals surface area contributed by atoms with Crippen LogP contribution in [-0.2, 0) is 0 Å². The lowest BCUT2D eigenvalue weighted by molar-refractivity contribution is 0.527. The first-order valence-electron chi connectivity index (χ1n) is 6.22. The predicted octanol–water partition coefficient (Wildman–Crippen LogP) is 3.16. The van der Waals surface area contributed by atoms with Crippen LogP contribution in [0.15, 0.2) is 18.3 Å². The van der Waals surface area contributed by atoms with Crippen LogP contribution in [-0.4, -0.2) is 22.5 Å². The number of nitrogens with one attached hydrogen (secondary N) is 1.